The highest BCUT2D eigenvalue weighted by molar-refractivity contribution is 8.01. The molecule has 0 unspecified atom stereocenters. The first-order valence-electron chi connectivity index (χ1n) is 10.8. The highest BCUT2D eigenvalue weighted by atomic mass is 32.2. The minimum atomic E-state index is -0.186. The van der Waals surface area contributed by atoms with E-state index in [9.17, 15) is 4.79 Å². The summed E-state index contributed by atoms with van der Waals surface area (Å²) in [6.45, 7) is 8.29. The third kappa shape index (κ3) is 6.61. The van der Waals surface area contributed by atoms with Crippen LogP contribution in [0, 0.1) is 0 Å². The molecule has 0 aliphatic rings. The molecular weight excluding hydrogens is 440 g/mol. The maximum absolute atomic E-state index is 12.8. The average Bonchev–Trinajstić information content (AvgIpc) is 3.26. The predicted octanol–water partition coefficient (Wildman–Crippen LogP) is 6.94. The molecule has 168 valence electrons. The molecule has 3 rings (SSSR count). The van der Waals surface area contributed by atoms with Gasteiger partial charge in [0.15, 0.2) is 4.34 Å². The van der Waals surface area contributed by atoms with Gasteiger partial charge in [-0.3, -0.25) is 4.79 Å². The number of anilines is 2. The zero-order valence-corrected chi connectivity index (χ0v) is 20.2. The highest BCUT2D eigenvalue weighted by Gasteiger charge is 2.13. The van der Waals surface area contributed by atoms with E-state index in [1.54, 1.807) is 23.9 Å². The summed E-state index contributed by atoms with van der Waals surface area (Å²) in [5, 5.41) is 20.3. The Morgan fingerprint density at radius 3 is 2.47 bits per heavy atom. The third-order valence-electron chi connectivity index (χ3n) is 4.52. The predicted molar refractivity (Wildman–Crippen MR) is 134 cm³/mol. The Bertz CT molecular complexity index is 1030. The average molecular weight is 469 g/mol. The number of carbonyl (C=O) groups excluding carboxylic acids is 1. The molecule has 0 aliphatic heterocycles. The van der Waals surface area contributed by atoms with E-state index in [0.717, 1.165) is 41.7 Å². The Morgan fingerprint density at radius 2 is 1.78 bits per heavy atom. The van der Waals surface area contributed by atoms with Crippen molar-refractivity contribution >= 4 is 51.2 Å². The van der Waals surface area contributed by atoms with Gasteiger partial charge in [-0.25, -0.2) is 0 Å². The van der Waals surface area contributed by atoms with E-state index in [2.05, 4.69) is 51.4 Å². The fourth-order valence-electron chi connectivity index (χ4n) is 3.12. The van der Waals surface area contributed by atoms with Crippen molar-refractivity contribution in [3.8, 4) is 0 Å². The molecule has 3 aromatic rings. The Balaban J connectivity index is 1.91. The second-order valence-electron chi connectivity index (χ2n) is 6.99. The van der Waals surface area contributed by atoms with Gasteiger partial charge >= 0.3 is 0 Å². The summed E-state index contributed by atoms with van der Waals surface area (Å²) in [7, 11) is 0. The number of carbonyl (C=O) groups is 1. The molecule has 0 saturated carbocycles. The van der Waals surface area contributed by atoms with Gasteiger partial charge in [-0.2, -0.15) is 0 Å². The molecule has 1 heterocycles. The fourth-order valence-corrected chi connectivity index (χ4v) is 4.68. The first-order valence-corrected chi connectivity index (χ1v) is 12.6. The van der Waals surface area contributed by atoms with Gasteiger partial charge in [-0.1, -0.05) is 62.1 Å². The summed E-state index contributed by atoms with van der Waals surface area (Å²) in [6, 6.07) is 15.0. The van der Waals surface area contributed by atoms with Crippen molar-refractivity contribution in [2.45, 2.75) is 38.0 Å². The minimum Gasteiger partial charge on any atom is -0.371 e. The largest absolute Gasteiger partial charge is 0.371 e. The zero-order chi connectivity index (χ0) is 22.8. The first kappa shape index (κ1) is 23.9. The van der Waals surface area contributed by atoms with E-state index in [-0.39, 0.29) is 5.91 Å². The van der Waals surface area contributed by atoms with Crippen LogP contribution in [0.25, 0.3) is 0 Å². The second kappa shape index (κ2) is 12.3. The quantitative estimate of drug-likeness (QED) is 0.243. The van der Waals surface area contributed by atoms with Crippen LogP contribution in [0.1, 0.15) is 44.0 Å². The van der Waals surface area contributed by atoms with Crippen LogP contribution < -0.4 is 10.2 Å². The monoisotopic (exact) mass is 468 g/mol. The fraction of sp³-hybridized carbons (Fsp3) is 0.348. The van der Waals surface area contributed by atoms with E-state index in [1.807, 2.05) is 36.4 Å². The van der Waals surface area contributed by atoms with Gasteiger partial charge in [0, 0.05) is 24.3 Å². The molecule has 1 amide bonds. The van der Waals surface area contributed by atoms with Gasteiger partial charge in [0.1, 0.15) is 5.69 Å². The van der Waals surface area contributed by atoms with E-state index in [1.165, 1.54) is 11.3 Å². The summed E-state index contributed by atoms with van der Waals surface area (Å²) in [6.07, 6.45) is 2.09. The summed E-state index contributed by atoms with van der Waals surface area (Å²) in [4.78, 5) is 15.1. The Morgan fingerprint density at radius 1 is 1.03 bits per heavy atom. The SMILES string of the molecule is CCCN(CCC)c1ccc(N=Nc2nnc(SCC)s2)c(NC(=O)c2ccccc2)c1. The number of nitrogens with zero attached hydrogens (tertiary/aromatic N) is 5. The molecule has 0 bridgehead atoms. The maximum atomic E-state index is 12.8. The van der Waals surface area contributed by atoms with E-state index in [0.29, 0.717) is 22.1 Å². The lowest BCUT2D eigenvalue weighted by atomic mass is 10.1. The summed E-state index contributed by atoms with van der Waals surface area (Å²) in [5.41, 5.74) is 2.83. The topological polar surface area (TPSA) is 82.8 Å². The van der Waals surface area contributed by atoms with Crippen LogP contribution in [0.3, 0.4) is 0 Å². The van der Waals surface area contributed by atoms with Gasteiger partial charge < -0.3 is 10.2 Å². The molecule has 0 fully saturated rings. The number of amides is 1. The van der Waals surface area contributed by atoms with Crippen LogP contribution >= 0.6 is 23.1 Å². The van der Waals surface area contributed by atoms with Gasteiger partial charge in [0.25, 0.3) is 11.0 Å². The number of hydrogen-bond donors (Lipinski definition) is 1. The van der Waals surface area contributed by atoms with Crippen molar-refractivity contribution < 1.29 is 4.79 Å². The molecule has 9 heteroatoms. The number of benzene rings is 2. The summed E-state index contributed by atoms with van der Waals surface area (Å²) >= 11 is 3.02. The lowest BCUT2D eigenvalue weighted by Gasteiger charge is -2.24. The van der Waals surface area contributed by atoms with Crippen molar-refractivity contribution in [2.24, 2.45) is 10.2 Å². The molecule has 0 aliphatic carbocycles. The van der Waals surface area contributed by atoms with Crippen molar-refractivity contribution in [3.05, 3.63) is 54.1 Å². The van der Waals surface area contributed by atoms with Crippen LogP contribution in [-0.4, -0.2) is 34.9 Å². The Kier molecular flexibility index (Phi) is 9.18. The Labute approximate surface area is 197 Å². The van der Waals surface area contributed by atoms with Gasteiger partial charge in [0.05, 0.1) is 5.69 Å². The van der Waals surface area contributed by atoms with Crippen molar-refractivity contribution in [3.63, 3.8) is 0 Å². The molecule has 1 N–H and O–H groups in total. The van der Waals surface area contributed by atoms with Crippen LogP contribution in [0.5, 0.6) is 0 Å². The molecule has 0 atom stereocenters. The highest BCUT2D eigenvalue weighted by Crippen LogP contribution is 2.33. The zero-order valence-electron chi connectivity index (χ0n) is 18.6. The molecule has 7 nitrogen and oxygen atoms in total. The summed E-state index contributed by atoms with van der Waals surface area (Å²) < 4.78 is 0.865. The third-order valence-corrected chi connectivity index (χ3v) is 6.35. The van der Waals surface area contributed by atoms with Gasteiger partial charge in [-0.05, 0) is 48.9 Å². The molecule has 32 heavy (non-hydrogen) atoms. The standard InChI is InChI=1S/C23H28N6OS2/c1-4-14-29(15-5-2)18-12-13-19(25-26-22-27-28-23(32-22)31-6-3)20(16-18)24-21(30)17-10-8-7-9-11-17/h7-13,16H,4-6,14-15H2,1-3H3,(H,24,30). The van der Waals surface area contributed by atoms with Gasteiger partial charge in [0.2, 0.25) is 0 Å². The van der Waals surface area contributed by atoms with Crippen LogP contribution in [0.2, 0.25) is 0 Å². The van der Waals surface area contributed by atoms with Crippen molar-refractivity contribution in [1.29, 1.82) is 0 Å². The molecular formula is C23H28N6OS2. The van der Waals surface area contributed by atoms with Crippen molar-refractivity contribution in [1.82, 2.24) is 10.2 Å². The number of nitrogens with one attached hydrogen (secondary N) is 1. The van der Waals surface area contributed by atoms with Crippen LogP contribution in [0.4, 0.5) is 22.2 Å². The molecule has 0 radical (unpaired) electrons. The molecule has 1 aromatic heterocycles. The lowest BCUT2D eigenvalue weighted by Crippen LogP contribution is -2.25. The molecule has 0 spiro atoms. The maximum Gasteiger partial charge on any atom is 0.255 e. The lowest BCUT2D eigenvalue weighted by molar-refractivity contribution is 0.102. The number of rotatable bonds is 11. The molecule has 2 aromatic carbocycles. The van der Waals surface area contributed by atoms with Gasteiger partial charge in [-0.15, -0.1) is 20.4 Å². The van der Waals surface area contributed by atoms with E-state index < -0.39 is 0 Å². The number of azo groups is 1. The smallest absolute Gasteiger partial charge is 0.255 e. The van der Waals surface area contributed by atoms with E-state index >= 15 is 0 Å². The van der Waals surface area contributed by atoms with Crippen LogP contribution in [-0.2, 0) is 0 Å². The Hall–Kier alpha value is -2.78. The van der Waals surface area contributed by atoms with Crippen LogP contribution in [0.15, 0.2) is 63.1 Å². The molecule has 0 saturated heterocycles. The second-order valence-corrected chi connectivity index (χ2v) is 9.46. The minimum absolute atomic E-state index is 0.186. The number of thioether (sulfide) groups is 1. The first-order chi connectivity index (χ1) is 15.6. The normalized spacial score (nSPS) is 11.1. The summed E-state index contributed by atoms with van der Waals surface area (Å²) in [5.74, 6) is 0.740. The van der Waals surface area contributed by atoms with E-state index in [4.69, 9.17) is 0 Å². The van der Waals surface area contributed by atoms with Crippen molar-refractivity contribution in [2.75, 3.05) is 29.1 Å². The number of hydrogen-bond acceptors (Lipinski definition) is 8. The number of aromatic nitrogens is 2.